The third kappa shape index (κ3) is 6.07. The predicted molar refractivity (Wildman–Crippen MR) is 151 cm³/mol. The van der Waals surface area contributed by atoms with Crippen LogP contribution in [0.3, 0.4) is 0 Å². The molecule has 1 N–H and O–H groups in total. The third-order valence-corrected chi connectivity index (χ3v) is 7.31. The van der Waals surface area contributed by atoms with Crippen LogP contribution in [0.4, 0.5) is 5.69 Å². The van der Waals surface area contributed by atoms with Crippen LogP contribution in [0.15, 0.2) is 103 Å². The molecule has 0 atom stereocenters. The molecular weight excluding hydrogens is 462 g/mol. The molecule has 1 aliphatic heterocycles. The maximum absolute atomic E-state index is 13.1. The van der Waals surface area contributed by atoms with E-state index in [9.17, 15) is 4.79 Å². The molecule has 0 aromatic heterocycles. The Labute approximate surface area is 217 Å². The summed E-state index contributed by atoms with van der Waals surface area (Å²) >= 11 is 1.89. The van der Waals surface area contributed by atoms with E-state index < -0.39 is 0 Å². The second-order valence-electron chi connectivity index (χ2n) is 9.02. The lowest BCUT2D eigenvalue weighted by molar-refractivity contribution is -0.113. The van der Waals surface area contributed by atoms with Crippen molar-refractivity contribution in [1.82, 2.24) is 0 Å². The van der Waals surface area contributed by atoms with Gasteiger partial charge in [0.2, 0.25) is 0 Å². The fourth-order valence-corrected chi connectivity index (χ4v) is 5.14. The highest BCUT2D eigenvalue weighted by Crippen LogP contribution is 2.31. The van der Waals surface area contributed by atoms with Gasteiger partial charge in [-0.25, -0.2) is 0 Å². The first-order valence-corrected chi connectivity index (χ1v) is 13.4. The number of carbonyl (C=O) groups excluding carboxylic acids is 1. The number of amides is 1. The lowest BCUT2D eigenvalue weighted by Gasteiger charge is -2.09. The van der Waals surface area contributed by atoms with Gasteiger partial charge in [-0.3, -0.25) is 4.79 Å². The monoisotopic (exact) mass is 491 g/mol. The molecule has 36 heavy (non-hydrogen) atoms. The second-order valence-corrected chi connectivity index (χ2v) is 10.0. The molecule has 4 aromatic rings. The van der Waals surface area contributed by atoms with Crippen molar-refractivity contribution in [3.8, 4) is 16.9 Å². The summed E-state index contributed by atoms with van der Waals surface area (Å²) in [5, 5.41) is 3.06. The van der Waals surface area contributed by atoms with Crippen LogP contribution in [-0.4, -0.2) is 12.5 Å². The molecule has 1 aliphatic rings. The fourth-order valence-electron chi connectivity index (χ4n) is 4.18. The Morgan fingerprint density at radius 2 is 1.53 bits per heavy atom. The van der Waals surface area contributed by atoms with Crippen LogP contribution in [-0.2, 0) is 16.3 Å². The van der Waals surface area contributed by atoms with Gasteiger partial charge in [0.25, 0.3) is 5.91 Å². The van der Waals surface area contributed by atoms with Crippen molar-refractivity contribution in [3.63, 3.8) is 0 Å². The van der Waals surface area contributed by atoms with E-state index in [1.54, 1.807) is 0 Å². The average molecular weight is 492 g/mol. The van der Waals surface area contributed by atoms with Crippen molar-refractivity contribution in [2.75, 3.05) is 11.9 Å². The summed E-state index contributed by atoms with van der Waals surface area (Å²) in [6, 6.07) is 33.3. The molecule has 4 heteroatoms. The van der Waals surface area contributed by atoms with Crippen molar-refractivity contribution in [2.45, 2.75) is 24.9 Å². The zero-order valence-electron chi connectivity index (χ0n) is 20.4. The van der Waals surface area contributed by atoms with Gasteiger partial charge >= 0.3 is 0 Å². The Hall–Kier alpha value is -3.76. The first-order chi connectivity index (χ1) is 17.6. The standard InChI is InChI=1S/C32H29NO2S/c1-23-7-11-26(12-8-23)27-13-16-31-29(19-27)20-28(17-18-35-31)32(34)33-30-14-9-25(10-15-30)22-36-21-24-5-3-2-4-6-24/h2-16,19-20H,17-18,21-22H2,1H3,(H,33,34). The molecule has 0 radical (unpaired) electrons. The van der Waals surface area contributed by atoms with E-state index in [0.29, 0.717) is 13.0 Å². The number of thioether (sulfide) groups is 1. The number of anilines is 1. The number of hydrogen-bond acceptors (Lipinski definition) is 3. The maximum Gasteiger partial charge on any atom is 0.251 e. The fraction of sp³-hybridized carbons (Fsp3) is 0.156. The van der Waals surface area contributed by atoms with E-state index in [0.717, 1.165) is 45.2 Å². The minimum Gasteiger partial charge on any atom is -0.493 e. The number of fused-ring (bicyclic) bond motifs is 1. The third-order valence-electron chi connectivity index (χ3n) is 6.24. The molecule has 0 spiro atoms. The molecule has 4 aromatic carbocycles. The van der Waals surface area contributed by atoms with E-state index in [2.05, 4.69) is 85.0 Å². The van der Waals surface area contributed by atoms with Crippen LogP contribution >= 0.6 is 11.8 Å². The van der Waals surface area contributed by atoms with Gasteiger partial charge in [-0.15, -0.1) is 0 Å². The minimum atomic E-state index is -0.0848. The first-order valence-electron chi connectivity index (χ1n) is 12.2. The smallest absolute Gasteiger partial charge is 0.251 e. The SMILES string of the molecule is Cc1ccc(-c2ccc3c(c2)C=C(C(=O)Nc2ccc(CSCc4ccccc4)cc2)CCO3)cc1. The van der Waals surface area contributed by atoms with Crippen LogP contribution in [0.25, 0.3) is 17.2 Å². The molecule has 1 heterocycles. The second kappa shape index (κ2) is 11.3. The Kier molecular flexibility index (Phi) is 7.53. The highest BCUT2D eigenvalue weighted by molar-refractivity contribution is 7.97. The number of benzene rings is 4. The van der Waals surface area contributed by atoms with Crippen molar-refractivity contribution >= 4 is 29.4 Å². The molecule has 3 nitrogen and oxygen atoms in total. The summed E-state index contributed by atoms with van der Waals surface area (Å²) in [6.07, 6.45) is 2.53. The molecular formula is C32H29NO2S. The lowest BCUT2D eigenvalue weighted by Crippen LogP contribution is -2.15. The van der Waals surface area contributed by atoms with Gasteiger partial charge in [-0.05, 0) is 59.5 Å². The highest BCUT2D eigenvalue weighted by Gasteiger charge is 2.16. The van der Waals surface area contributed by atoms with Gasteiger partial charge in [0, 0.05) is 34.8 Å². The molecule has 5 rings (SSSR count). The van der Waals surface area contributed by atoms with Crippen molar-refractivity contribution in [2.24, 2.45) is 0 Å². The number of rotatable bonds is 7. The van der Waals surface area contributed by atoms with Crippen molar-refractivity contribution < 1.29 is 9.53 Å². The number of aryl methyl sites for hydroxylation is 1. The lowest BCUT2D eigenvalue weighted by atomic mass is 10.00. The number of hydrogen-bond donors (Lipinski definition) is 1. The summed E-state index contributed by atoms with van der Waals surface area (Å²) < 4.78 is 5.94. The summed E-state index contributed by atoms with van der Waals surface area (Å²) in [5.41, 5.74) is 8.52. The van der Waals surface area contributed by atoms with E-state index in [1.807, 2.05) is 42.1 Å². The molecule has 0 saturated heterocycles. The van der Waals surface area contributed by atoms with Crippen LogP contribution in [0.5, 0.6) is 5.75 Å². The molecule has 0 aliphatic carbocycles. The Morgan fingerprint density at radius 3 is 2.28 bits per heavy atom. The zero-order chi connectivity index (χ0) is 24.7. The van der Waals surface area contributed by atoms with Gasteiger partial charge < -0.3 is 10.1 Å². The molecule has 0 saturated carbocycles. The normalized spacial score (nSPS) is 12.6. The number of ether oxygens (including phenoxy) is 1. The van der Waals surface area contributed by atoms with E-state index >= 15 is 0 Å². The zero-order valence-corrected chi connectivity index (χ0v) is 21.2. The highest BCUT2D eigenvalue weighted by atomic mass is 32.2. The number of nitrogens with one attached hydrogen (secondary N) is 1. The summed E-state index contributed by atoms with van der Waals surface area (Å²) in [6.45, 7) is 2.56. The van der Waals surface area contributed by atoms with Gasteiger partial charge in [0.1, 0.15) is 5.75 Å². The van der Waals surface area contributed by atoms with Crippen LogP contribution in [0.2, 0.25) is 0 Å². The average Bonchev–Trinajstić information content (AvgIpc) is 3.13. The maximum atomic E-state index is 13.1. The molecule has 180 valence electrons. The van der Waals surface area contributed by atoms with Gasteiger partial charge in [0.05, 0.1) is 6.61 Å². The van der Waals surface area contributed by atoms with Crippen LogP contribution < -0.4 is 10.1 Å². The quantitative estimate of drug-likeness (QED) is 0.286. The van der Waals surface area contributed by atoms with Crippen LogP contribution in [0.1, 0.15) is 28.7 Å². The van der Waals surface area contributed by atoms with Crippen molar-refractivity contribution in [3.05, 3.63) is 125 Å². The first kappa shape index (κ1) is 24.0. The molecule has 0 fully saturated rings. The van der Waals surface area contributed by atoms with Crippen LogP contribution in [0, 0.1) is 6.92 Å². The molecule has 0 bridgehead atoms. The predicted octanol–water partition coefficient (Wildman–Crippen LogP) is 7.90. The Bertz CT molecular complexity index is 1360. The molecule has 0 unspecified atom stereocenters. The van der Waals surface area contributed by atoms with Gasteiger partial charge in [0.15, 0.2) is 0 Å². The van der Waals surface area contributed by atoms with E-state index in [-0.39, 0.29) is 5.91 Å². The van der Waals surface area contributed by atoms with E-state index in [1.165, 1.54) is 16.7 Å². The minimum absolute atomic E-state index is 0.0848. The van der Waals surface area contributed by atoms with E-state index in [4.69, 9.17) is 4.74 Å². The largest absolute Gasteiger partial charge is 0.493 e. The summed E-state index contributed by atoms with van der Waals surface area (Å²) in [7, 11) is 0. The Morgan fingerprint density at radius 1 is 0.833 bits per heavy atom. The van der Waals surface area contributed by atoms with Gasteiger partial charge in [-0.2, -0.15) is 11.8 Å². The van der Waals surface area contributed by atoms with Gasteiger partial charge in [-0.1, -0.05) is 78.4 Å². The number of carbonyl (C=O) groups is 1. The van der Waals surface area contributed by atoms with Crippen molar-refractivity contribution in [1.29, 1.82) is 0 Å². The summed E-state index contributed by atoms with van der Waals surface area (Å²) in [4.78, 5) is 13.1. The Balaban J connectivity index is 1.24. The topological polar surface area (TPSA) is 38.3 Å². The summed E-state index contributed by atoms with van der Waals surface area (Å²) in [5.74, 6) is 2.65. The molecule has 1 amide bonds.